The average molecular weight is 468 g/mol. The van der Waals surface area contributed by atoms with Gasteiger partial charge in [-0.3, -0.25) is 14.3 Å². The topological polar surface area (TPSA) is 64.0 Å². The van der Waals surface area contributed by atoms with Gasteiger partial charge in [0.25, 0.3) is 5.91 Å². The van der Waals surface area contributed by atoms with Gasteiger partial charge in [0.15, 0.2) is 5.78 Å². The molecule has 4 aromatic rings. The minimum Gasteiger partial charge on any atom is -0.319 e. The van der Waals surface area contributed by atoms with Crippen molar-refractivity contribution in [1.82, 2.24) is 9.78 Å². The number of ketones is 1. The summed E-state index contributed by atoms with van der Waals surface area (Å²) in [5.41, 5.74) is 2.08. The maximum Gasteiger partial charge on any atom is 0.256 e. The van der Waals surface area contributed by atoms with Crippen molar-refractivity contribution < 1.29 is 14.0 Å². The summed E-state index contributed by atoms with van der Waals surface area (Å²) in [6, 6.07) is 17.2. The highest BCUT2D eigenvalue weighted by Crippen LogP contribution is 2.20. The lowest BCUT2D eigenvalue weighted by Crippen LogP contribution is -2.16. The number of amides is 1. The third kappa shape index (κ3) is 4.88. The normalized spacial score (nSPS) is 10.7. The number of rotatable bonds is 6. The van der Waals surface area contributed by atoms with Crippen LogP contribution in [0, 0.1) is 5.82 Å². The van der Waals surface area contributed by atoms with E-state index in [1.165, 1.54) is 18.3 Å². The summed E-state index contributed by atoms with van der Waals surface area (Å²) >= 11 is 12.0. The summed E-state index contributed by atoms with van der Waals surface area (Å²) in [6.07, 6.45) is 3.11. The lowest BCUT2D eigenvalue weighted by Gasteiger charge is -2.09. The fourth-order valence-electron chi connectivity index (χ4n) is 3.17. The van der Waals surface area contributed by atoms with E-state index in [-0.39, 0.29) is 16.9 Å². The van der Waals surface area contributed by atoms with Crippen LogP contribution in [0.4, 0.5) is 10.1 Å². The van der Waals surface area contributed by atoms with Gasteiger partial charge in [-0.1, -0.05) is 47.5 Å². The van der Waals surface area contributed by atoms with Crippen LogP contribution in [0.5, 0.6) is 0 Å². The number of benzene rings is 3. The van der Waals surface area contributed by atoms with Crippen LogP contribution in [-0.2, 0) is 6.54 Å². The van der Waals surface area contributed by atoms with Crippen LogP contribution in [0.3, 0.4) is 0 Å². The molecule has 0 aliphatic rings. The monoisotopic (exact) mass is 467 g/mol. The molecule has 3 aromatic carbocycles. The van der Waals surface area contributed by atoms with E-state index in [0.717, 1.165) is 0 Å². The predicted octanol–water partition coefficient (Wildman–Crippen LogP) is 5.86. The molecule has 32 heavy (non-hydrogen) atoms. The Bertz CT molecular complexity index is 1300. The summed E-state index contributed by atoms with van der Waals surface area (Å²) in [4.78, 5) is 25.8. The Morgan fingerprint density at radius 1 is 0.969 bits per heavy atom. The largest absolute Gasteiger partial charge is 0.319 e. The zero-order valence-electron chi connectivity index (χ0n) is 16.6. The molecule has 0 aliphatic carbocycles. The fraction of sp³-hybridized carbons (Fsp3) is 0.0417. The molecule has 1 aromatic heterocycles. The van der Waals surface area contributed by atoms with Gasteiger partial charge in [0.1, 0.15) is 5.82 Å². The molecule has 0 fully saturated rings. The van der Waals surface area contributed by atoms with Gasteiger partial charge in [-0.25, -0.2) is 4.39 Å². The van der Waals surface area contributed by atoms with Crippen LogP contribution < -0.4 is 5.32 Å². The molecule has 5 nitrogen and oxygen atoms in total. The van der Waals surface area contributed by atoms with Crippen molar-refractivity contribution in [2.45, 2.75) is 6.54 Å². The van der Waals surface area contributed by atoms with E-state index in [9.17, 15) is 14.0 Å². The Hall–Kier alpha value is -3.48. The number of carbonyl (C=O) groups excluding carboxylic acids is 2. The van der Waals surface area contributed by atoms with Crippen molar-refractivity contribution in [3.8, 4) is 0 Å². The van der Waals surface area contributed by atoms with Crippen molar-refractivity contribution in [3.05, 3.63) is 117 Å². The molecule has 0 spiro atoms. The summed E-state index contributed by atoms with van der Waals surface area (Å²) in [6.45, 7) is 0.306. The maximum absolute atomic E-state index is 13.2. The SMILES string of the molecule is O=C(Nc1cnn(Cc2ccc(F)cc2Cl)c1)c1ccccc1C(=O)c1ccc(Cl)cc1. The molecular weight excluding hydrogens is 452 g/mol. The minimum atomic E-state index is -0.442. The van der Waals surface area contributed by atoms with Gasteiger partial charge in [-0.05, 0) is 48.0 Å². The standard InChI is InChI=1S/C24H16Cl2FN3O2/c25-17-8-5-15(6-9-17)23(31)20-3-1-2-4-21(20)24(32)29-19-12-28-30(14-19)13-16-7-10-18(27)11-22(16)26/h1-12,14H,13H2,(H,29,32). The second kappa shape index (κ2) is 9.34. The molecule has 1 amide bonds. The number of hydrogen-bond acceptors (Lipinski definition) is 3. The molecule has 0 unspecified atom stereocenters. The average Bonchev–Trinajstić information content (AvgIpc) is 3.22. The second-order valence-corrected chi connectivity index (χ2v) is 7.84. The molecule has 0 bridgehead atoms. The first-order valence-corrected chi connectivity index (χ1v) is 10.3. The zero-order chi connectivity index (χ0) is 22.7. The van der Waals surface area contributed by atoms with E-state index >= 15 is 0 Å². The van der Waals surface area contributed by atoms with Gasteiger partial charge in [0.2, 0.25) is 0 Å². The van der Waals surface area contributed by atoms with Gasteiger partial charge in [-0.15, -0.1) is 0 Å². The smallest absolute Gasteiger partial charge is 0.256 e. The van der Waals surface area contributed by atoms with E-state index in [1.54, 1.807) is 65.5 Å². The number of carbonyl (C=O) groups is 2. The van der Waals surface area contributed by atoms with E-state index in [1.807, 2.05) is 0 Å². The molecule has 0 radical (unpaired) electrons. The molecule has 0 aliphatic heterocycles. The Morgan fingerprint density at radius 3 is 2.41 bits per heavy atom. The van der Waals surface area contributed by atoms with E-state index in [2.05, 4.69) is 10.4 Å². The fourth-order valence-corrected chi connectivity index (χ4v) is 3.53. The third-order valence-electron chi connectivity index (χ3n) is 4.76. The van der Waals surface area contributed by atoms with Gasteiger partial charge >= 0.3 is 0 Å². The Kier molecular flexibility index (Phi) is 6.35. The number of nitrogens with zero attached hydrogens (tertiary/aromatic N) is 2. The summed E-state index contributed by atoms with van der Waals surface area (Å²) in [5.74, 6) is -1.14. The summed E-state index contributed by atoms with van der Waals surface area (Å²) in [5, 5.41) is 7.77. The molecular formula is C24H16Cl2FN3O2. The van der Waals surface area contributed by atoms with Crippen molar-refractivity contribution >= 4 is 40.6 Å². The summed E-state index contributed by atoms with van der Waals surface area (Å²) < 4.78 is 14.8. The Labute approximate surface area is 193 Å². The molecule has 4 rings (SSSR count). The van der Waals surface area contributed by atoms with Crippen LogP contribution in [0.2, 0.25) is 10.0 Å². The highest BCUT2D eigenvalue weighted by atomic mass is 35.5. The molecule has 160 valence electrons. The zero-order valence-corrected chi connectivity index (χ0v) is 18.1. The highest BCUT2D eigenvalue weighted by Gasteiger charge is 2.18. The molecule has 0 saturated heterocycles. The number of halogens is 3. The van der Waals surface area contributed by atoms with Crippen molar-refractivity contribution in [1.29, 1.82) is 0 Å². The van der Waals surface area contributed by atoms with E-state index in [0.29, 0.717) is 33.4 Å². The predicted molar refractivity (Wildman–Crippen MR) is 122 cm³/mol. The quantitative estimate of drug-likeness (QED) is 0.361. The molecule has 8 heteroatoms. The Morgan fingerprint density at radius 2 is 1.69 bits per heavy atom. The van der Waals surface area contributed by atoms with Crippen LogP contribution in [0.15, 0.2) is 79.1 Å². The first-order valence-electron chi connectivity index (χ1n) is 9.58. The number of nitrogens with one attached hydrogen (secondary N) is 1. The van der Waals surface area contributed by atoms with Gasteiger partial charge in [0.05, 0.1) is 24.0 Å². The van der Waals surface area contributed by atoms with E-state index in [4.69, 9.17) is 23.2 Å². The van der Waals surface area contributed by atoms with Crippen molar-refractivity contribution in [3.63, 3.8) is 0 Å². The van der Waals surface area contributed by atoms with Crippen LogP contribution >= 0.6 is 23.2 Å². The lowest BCUT2D eigenvalue weighted by molar-refractivity contribution is 0.0996. The second-order valence-electron chi connectivity index (χ2n) is 7.00. The van der Waals surface area contributed by atoms with Crippen LogP contribution in [0.25, 0.3) is 0 Å². The number of hydrogen-bond donors (Lipinski definition) is 1. The van der Waals surface area contributed by atoms with Gasteiger partial charge < -0.3 is 5.32 Å². The van der Waals surface area contributed by atoms with Crippen molar-refractivity contribution in [2.75, 3.05) is 5.32 Å². The minimum absolute atomic E-state index is 0.238. The number of anilines is 1. The molecule has 0 saturated carbocycles. The maximum atomic E-state index is 13.2. The third-order valence-corrected chi connectivity index (χ3v) is 5.37. The lowest BCUT2D eigenvalue weighted by atomic mass is 9.98. The first kappa shape index (κ1) is 21.7. The highest BCUT2D eigenvalue weighted by molar-refractivity contribution is 6.31. The van der Waals surface area contributed by atoms with E-state index < -0.39 is 11.7 Å². The molecule has 1 heterocycles. The van der Waals surface area contributed by atoms with Crippen LogP contribution in [0.1, 0.15) is 31.8 Å². The Balaban J connectivity index is 1.51. The van der Waals surface area contributed by atoms with Gasteiger partial charge in [0, 0.05) is 27.4 Å². The molecule has 1 N–H and O–H groups in total. The van der Waals surface area contributed by atoms with Crippen LogP contribution in [-0.4, -0.2) is 21.5 Å². The first-order chi connectivity index (χ1) is 15.4. The summed E-state index contributed by atoms with van der Waals surface area (Å²) in [7, 11) is 0. The van der Waals surface area contributed by atoms with Crippen molar-refractivity contribution in [2.24, 2.45) is 0 Å². The molecule has 0 atom stereocenters. The van der Waals surface area contributed by atoms with Gasteiger partial charge in [-0.2, -0.15) is 5.10 Å². The number of aromatic nitrogens is 2.